The molecule has 0 radical (unpaired) electrons. The predicted octanol–water partition coefficient (Wildman–Crippen LogP) is -0.657. The van der Waals surface area contributed by atoms with Gasteiger partial charge in [-0.1, -0.05) is 6.07 Å². The summed E-state index contributed by atoms with van der Waals surface area (Å²) in [6.07, 6.45) is -6.91. The van der Waals surface area contributed by atoms with Crippen molar-refractivity contribution in [2.75, 3.05) is 13.7 Å². The van der Waals surface area contributed by atoms with Gasteiger partial charge in [-0.3, -0.25) is 0 Å². The summed E-state index contributed by atoms with van der Waals surface area (Å²) in [6.45, 7) is -1.22. The number of aliphatic hydroxyl groups excluding tert-OH is 4. The van der Waals surface area contributed by atoms with Gasteiger partial charge in [0, 0.05) is 0 Å². The van der Waals surface area contributed by atoms with Gasteiger partial charge in [0.1, 0.15) is 31.1 Å². The van der Waals surface area contributed by atoms with Crippen molar-refractivity contribution in [3.8, 4) is 11.5 Å². The third kappa shape index (κ3) is 3.31. The Morgan fingerprint density at radius 3 is 2.45 bits per heavy atom. The van der Waals surface area contributed by atoms with Crippen LogP contribution in [0.4, 0.5) is 4.39 Å². The van der Waals surface area contributed by atoms with Crippen molar-refractivity contribution in [1.29, 1.82) is 0 Å². The van der Waals surface area contributed by atoms with Crippen molar-refractivity contribution < 1.29 is 39.0 Å². The molecule has 1 aliphatic rings. The highest BCUT2D eigenvalue weighted by molar-refractivity contribution is 5.43. The van der Waals surface area contributed by atoms with Gasteiger partial charge in [0.25, 0.3) is 0 Å². The van der Waals surface area contributed by atoms with Crippen LogP contribution in [-0.4, -0.2) is 64.8 Å². The summed E-state index contributed by atoms with van der Waals surface area (Å²) in [5, 5.41) is 38.4. The van der Waals surface area contributed by atoms with Crippen LogP contribution >= 0.6 is 0 Å². The Kier molecular flexibility index (Phi) is 5.54. The van der Waals surface area contributed by atoms with Gasteiger partial charge in [-0.25, -0.2) is 4.39 Å². The Hall–Kier alpha value is -1.45. The van der Waals surface area contributed by atoms with Gasteiger partial charge in [0.05, 0.1) is 13.7 Å². The lowest BCUT2D eigenvalue weighted by Crippen LogP contribution is -2.60. The fourth-order valence-corrected chi connectivity index (χ4v) is 2.18. The van der Waals surface area contributed by atoms with Crippen LogP contribution in [-0.2, 0) is 11.4 Å². The van der Waals surface area contributed by atoms with Crippen molar-refractivity contribution >= 4 is 0 Å². The van der Waals surface area contributed by atoms with E-state index < -0.39 is 44.0 Å². The average molecular weight is 318 g/mol. The van der Waals surface area contributed by atoms with Crippen LogP contribution in [0.1, 0.15) is 5.56 Å². The van der Waals surface area contributed by atoms with Gasteiger partial charge >= 0.3 is 0 Å². The molecule has 0 aromatic heterocycles. The highest BCUT2D eigenvalue weighted by atomic mass is 19.1. The van der Waals surface area contributed by atoms with E-state index >= 15 is 0 Å². The molecule has 22 heavy (non-hydrogen) atoms. The van der Waals surface area contributed by atoms with Gasteiger partial charge in [0.15, 0.2) is 11.5 Å². The van der Waals surface area contributed by atoms with E-state index in [4.69, 9.17) is 19.3 Å². The Balaban J connectivity index is 2.18. The van der Waals surface area contributed by atoms with Gasteiger partial charge in [-0.05, 0) is 17.7 Å². The fourth-order valence-electron chi connectivity index (χ4n) is 2.18. The molecule has 1 fully saturated rings. The number of aliphatic hydroxyl groups is 4. The molecule has 0 aliphatic carbocycles. The molecule has 0 bridgehead atoms. The first kappa shape index (κ1) is 16.9. The van der Waals surface area contributed by atoms with Crippen molar-refractivity contribution in [3.05, 3.63) is 23.8 Å². The molecule has 0 unspecified atom stereocenters. The zero-order chi connectivity index (χ0) is 16.3. The lowest BCUT2D eigenvalue weighted by Gasteiger charge is -2.39. The van der Waals surface area contributed by atoms with E-state index in [1.54, 1.807) is 0 Å². The lowest BCUT2D eigenvalue weighted by molar-refractivity contribution is -0.277. The minimum atomic E-state index is -1.54. The maximum atomic E-state index is 12.6. The molecule has 1 saturated heterocycles. The van der Waals surface area contributed by atoms with E-state index in [0.717, 1.165) is 0 Å². The lowest BCUT2D eigenvalue weighted by atomic mass is 9.99. The fraction of sp³-hybridized carbons (Fsp3) is 0.571. The standard InChI is InChI=1S/C14H19FO7/c1-20-9-4-7(5-15)2-3-8(9)21-14-13(19)12(18)11(17)10(6-16)22-14/h2-4,10-14,16-19H,5-6H2,1H3/t10-,11-,12+,13-,14-/m1/s1. The first-order chi connectivity index (χ1) is 10.5. The monoisotopic (exact) mass is 318 g/mol. The molecule has 5 atom stereocenters. The van der Waals surface area contributed by atoms with E-state index in [1.165, 1.54) is 25.3 Å². The zero-order valence-corrected chi connectivity index (χ0v) is 11.9. The van der Waals surface area contributed by atoms with Gasteiger partial charge in [-0.2, -0.15) is 0 Å². The van der Waals surface area contributed by atoms with E-state index in [0.29, 0.717) is 5.56 Å². The Morgan fingerprint density at radius 2 is 1.86 bits per heavy atom. The van der Waals surface area contributed by atoms with Crippen molar-refractivity contribution in [2.45, 2.75) is 37.4 Å². The molecule has 0 amide bonds. The van der Waals surface area contributed by atoms with E-state index in [1.807, 2.05) is 0 Å². The summed E-state index contributed by atoms with van der Waals surface area (Å²) in [7, 11) is 1.37. The summed E-state index contributed by atoms with van der Waals surface area (Å²) in [4.78, 5) is 0. The number of alkyl halides is 1. The molecule has 1 aromatic rings. The van der Waals surface area contributed by atoms with Crippen molar-refractivity contribution in [3.63, 3.8) is 0 Å². The molecule has 1 aliphatic heterocycles. The number of methoxy groups -OCH3 is 1. The van der Waals surface area contributed by atoms with Crippen molar-refractivity contribution in [1.82, 2.24) is 0 Å². The zero-order valence-electron chi connectivity index (χ0n) is 11.9. The number of ether oxygens (including phenoxy) is 3. The van der Waals surface area contributed by atoms with Crippen LogP contribution in [0.3, 0.4) is 0 Å². The second-order valence-electron chi connectivity index (χ2n) is 4.93. The van der Waals surface area contributed by atoms with Crippen LogP contribution in [0.15, 0.2) is 18.2 Å². The summed E-state index contributed by atoms with van der Waals surface area (Å²) >= 11 is 0. The molecule has 0 saturated carbocycles. The topological polar surface area (TPSA) is 109 Å². The smallest absolute Gasteiger partial charge is 0.229 e. The van der Waals surface area contributed by atoms with Crippen LogP contribution in [0.25, 0.3) is 0 Å². The Bertz CT molecular complexity index is 496. The maximum absolute atomic E-state index is 12.6. The van der Waals surface area contributed by atoms with Crippen LogP contribution in [0.2, 0.25) is 0 Å². The minimum Gasteiger partial charge on any atom is -0.493 e. The van der Waals surface area contributed by atoms with E-state index in [-0.39, 0.29) is 11.5 Å². The quantitative estimate of drug-likeness (QED) is 0.571. The summed E-state index contributed by atoms with van der Waals surface area (Å²) in [5.74, 6) is 0.399. The SMILES string of the molecule is COc1cc(CF)ccc1O[C@@H]1O[C@H](CO)[C@@H](O)[C@H](O)[C@H]1O. The molecule has 124 valence electrons. The third-order valence-corrected chi connectivity index (χ3v) is 3.47. The summed E-state index contributed by atoms with van der Waals surface area (Å²) in [5.41, 5.74) is 0.387. The number of rotatable bonds is 5. The highest BCUT2D eigenvalue weighted by Crippen LogP contribution is 2.32. The molecular formula is C14H19FO7. The van der Waals surface area contributed by atoms with Crippen LogP contribution in [0, 0.1) is 0 Å². The molecular weight excluding hydrogens is 299 g/mol. The predicted molar refractivity (Wildman–Crippen MR) is 72.2 cm³/mol. The van der Waals surface area contributed by atoms with Crippen LogP contribution < -0.4 is 9.47 Å². The van der Waals surface area contributed by atoms with E-state index in [9.17, 15) is 19.7 Å². The summed E-state index contributed by atoms with van der Waals surface area (Å²) in [6, 6.07) is 4.34. The molecule has 0 spiro atoms. The molecule has 8 heteroatoms. The number of hydrogen-bond acceptors (Lipinski definition) is 7. The molecule has 1 aromatic carbocycles. The van der Waals surface area contributed by atoms with Crippen molar-refractivity contribution in [2.24, 2.45) is 0 Å². The Morgan fingerprint density at radius 1 is 1.14 bits per heavy atom. The first-order valence-corrected chi connectivity index (χ1v) is 6.71. The van der Waals surface area contributed by atoms with Gasteiger partial charge < -0.3 is 34.6 Å². The summed E-state index contributed by atoms with van der Waals surface area (Å²) < 4.78 is 28.4. The molecule has 7 nitrogen and oxygen atoms in total. The molecule has 1 heterocycles. The average Bonchev–Trinajstić information content (AvgIpc) is 2.55. The number of benzene rings is 1. The maximum Gasteiger partial charge on any atom is 0.229 e. The third-order valence-electron chi connectivity index (χ3n) is 3.47. The second kappa shape index (κ2) is 7.21. The van der Waals surface area contributed by atoms with Gasteiger partial charge in [0.2, 0.25) is 6.29 Å². The molecule has 4 N–H and O–H groups in total. The first-order valence-electron chi connectivity index (χ1n) is 6.71. The number of halogens is 1. The van der Waals surface area contributed by atoms with Gasteiger partial charge in [-0.15, -0.1) is 0 Å². The van der Waals surface area contributed by atoms with E-state index in [2.05, 4.69) is 0 Å². The normalized spacial score (nSPS) is 31.8. The second-order valence-corrected chi connectivity index (χ2v) is 4.93. The molecule has 2 rings (SSSR count). The largest absolute Gasteiger partial charge is 0.493 e. The highest BCUT2D eigenvalue weighted by Gasteiger charge is 2.44. The number of hydrogen-bond donors (Lipinski definition) is 4. The minimum absolute atomic E-state index is 0.170. The Labute approximate surface area is 126 Å². The van der Waals surface area contributed by atoms with Crippen LogP contribution in [0.5, 0.6) is 11.5 Å².